The van der Waals surface area contributed by atoms with Gasteiger partial charge in [0.15, 0.2) is 17.6 Å². The molecule has 0 saturated carbocycles. The molecule has 1 unspecified atom stereocenters. The van der Waals surface area contributed by atoms with Gasteiger partial charge in [0.05, 0.1) is 6.61 Å². The molecule has 2 aromatic rings. The number of carbonyl (C=O) groups is 1. The van der Waals surface area contributed by atoms with E-state index in [1.54, 1.807) is 26.2 Å². The highest BCUT2D eigenvalue weighted by Crippen LogP contribution is 2.31. The smallest absolute Gasteiger partial charge is 0.260 e. The molecule has 2 aromatic carbocycles. The molecular weight excluding hydrogens is 270 g/mol. The first-order chi connectivity index (χ1) is 10.1. The van der Waals surface area contributed by atoms with Gasteiger partial charge in [0.1, 0.15) is 0 Å². The fourth-order valence-electron chi connectivity index (χ4n) is 1.97. The molecule has 0 heterocycles. The van der Waals surface area contributed by atoms with Gasteiger partial charge in [0, 0.05) is 13.7 Å². The number of benzene rings is 2. The largest absolute Gasteiger partial charge is 0.504 e. The monoisotopic (exact) mass is 289 g/mol. The molecule has 0 aliphatic carbocycles. The van der Waals surface area contributed by atoms with Crippen molar-refractivity contribution in [2.24, 2.45) is 0 Å². The molecule has 0 saturated heterocycles. The summed E-state index contributed by atoms with van der Waals surface area (Å²) in [5, 5.41) is 14.5. The Kier molecular flexibility index (Phi) is 5.00. The van der Waals surface area contributed by atoms with Gasteiger partial charge in [-0.25, -0.2) is 0 Å². The SMILES string of the molecule is COCCNC(=O)C(C)Oc1cc2ccccc2cc1O. The lowest BCUT2D eigenvalue weighted by atomic mass is 10.1. The van der Waals surface area contributed by atoms with Gasteiger partial charge in [-0.1, -0.05) is 24.3 Å². The van der Waals surface area contributed by atoms with Crippen LogP contribution >= 0.6 is 0 Å². The predicted molar refractivity (Wildman–Crippen MR) is 80.6 cm³/mol. The summed E-state index contributed by atoms with van der Waals surface area (Å²) in [6.07, 6.45) is -0.700. The zero-order chi connectivity index (χ0) is 15.2. The molecule has 0 fully saturated rings. The zero-order valence-electron chi connectivity index (χ0n) is 12.1. The zero-order valence-corrected chi connectivity index (χ0v) is 12.1. The molecule has 5 nitrogen and oxygen atoms in total. The lowest BCUT2D eigenvalue weighted by molar-refractivity contribution is -0.127. The van der Waals surface area contributed by atoms with Crippen LogP contribution in [0.4, 0.5) is 0 Å². The highest BCUT2D eigenvalue weighted by Gasteiger charge is 2.16. The van der Waals surface area contributed by atoms with Gasteiger partial charge in [-0.05, 0) is 29.8 Å². The Labute approximate surface area is 123 Å². The number of phenols is 1. The van der Waals surface area contributed by atoms with Crippen LogP contribution in [0.15, 0.2) is 36.4 Å². The highest BCUT2D eigenvalue weighted by atomic mass is 16.5. The number of amides is 1. The second kappa shape index (κ2) is 6.95. The molecule has 0 spiro atoms. The number of rotatable bonds is 6. The van der Waals surface area contributed by atoms with Crippen LogP contribution in [0.1, 0.15) is 6.92 Å². The lowest BCUT2D eigenvalue weighted by Crippen LogP contribution is -2.37. The second-order valence-electron chi connectivity index (χ2n) is 4.71. The number of carbonyl (C=O) groups excluding carboxylic acids is 1. The van der Waals surface area contributed by atoms with Gasteiger partial charge in [-0.2, -0.15) is 0 Å². The summed E-state index contributed by atoms with van der Waals surface area (Å²) in [7, 11) is 1.57. The van der Waals surface area contributed by atoms with E-state index in [-0.39, 0.29) is 11.7 Å². The summed E-state index contributed by atoms with van der Waals surface area (Å²) in [4.78, 5) is 11.8. The van der Waals surface area contributed by atoms with Gasteiger partial charge < -0.3 is 19.9 Å². The van der Waals surface area contributed by atoms with Crippen molar-refractivity contribution in [3.8, 4) is 11.5 Å². The van der Waals surface area contributed by atoms with Gasteiger partial charge >= 0.3 is 0 Å². The molecule has 21 heavy (non-hydrogen) atoms. The lowest BCUT2D eigenvalue weighted by Gasteiger charge is -2.16. The minimum atomic E-state index is -0.700. The van der Waals surface area contributed by atoms with Crippen molar-refractivity contribution >= 4 is 16.7 Å². The van der Waals surface area contributed by atoms with Crippen molar-refractivity contribution in [2.75, 3.05) is 20.3 Å². The van der Waals surface area contributed by atoms with E-state index in [0.29, 0.717) is 18.9 Å². The molecule has 112 valence electrons. The number of methoxy groups -OCH3 is 1. The number of aromatic hydroxyl groups is 1. The second-order valence-corrected chi connectivity index (χ2v) is 4.71. The molecular formula is C16H19NO4. The number of ether oxygens (including phenoxy) is 2. The molecule has 1 amide bonds. The maximum Gasteiger partial charge on any atom is 0.260 e. The summed E-state index contributed by atoms with van der Waals surface area (Å²) in [6.45, 7) is 2.50. The Morgan fingerprint density at radius 3 is 2.62 bits per heavy atom. The standard InChI is InChI=1S/C16H19NO4/c1-11(16(19)17-7-8-20-2)21-15-10-13-6-4-3-5-12(13)9-14(15)18/h3-6,9-11,18H,7-8H2,1-2H3,(H,17,19). The van der Waals surface area contributed by atoms with Crippen molar-refractivity contribution in [3.63, 3.8) is 0 Å². The number of fused-ring (bicyclic) bond motifs is 1. The predicted octanol–water partition coefficient (Wildman–Crippen LogP) is 2.08. The molecule has 2 N–H and O–H groups in total. The third-order valence-corrected chi connectivity index (χ3v) is 3.11. The van der Waals surface area contributed by atoms with E-state index in [4.69, 9.17) is 9.47 Å². The van der Waals surface area contributed by atoms with Crippen LogP contribution in [0, 0.1) is 0 Å². The van der Waals surface area contributed by atoms with Crippen LogP contribution in [-0.2, 0) is 9.53 Å². The first-order valence-electron chi connectivity index (χ1n) is 6.77. The topological polar surface area (TPSA) is 67.8 Å². The average molecular weight is 289 g/mol. The van der Waals surface area contributed by atoms with E-state index in [0.717, 1.165) is 10.8 Å². The van der Waals surface area contributed by atoms with Crippen molar-refractivity contribution in [2.45, 2.75) is 13.0 Å². The van der Waals surface area contributed by atoms with Crippen LogP contribution in [0.3, 0.4) is 0 Å². The molecule has 0 aromatic heterocycles. The van der Waals surface area contributed by atoms with E-state index in [9.17, 15) is 9.90 Å². The van der Waals surface area contributed by atoms with Gasteiger partial charge in [0.2, 0.25) is 0 Å². The van der Waals surface area contributed by atoms with Gasteiger partial charge in [-0.15, -0.1) is 0 Å². The minimum absolute atomic E-state index is 0.0187. The van der Waals surface area contributed by atoms with Crippen molar-refractivity contribution in [1.82, 2.24) is 5.32 Å². The van der Waals surface area contributed by atoms with E-state index >= 15 is 0 Å². The Bertz CT molecular complexity index is 627. The van der Waals surface area contributed by atoms with E-state index in [1.807, 2.05) is 24.3 Å². The molecule has 0 aliphatic heterocycles. The van der Waals surface area contributed by atoms with Crippen LogP contribution in [0.25, 0.3) is 10.8 Å². The summed E-state index contributed by atoms with van der Waals surface area (Å²) >= 11 is 0. The first-order valence-corrected chi connectivity index (χ1v) is 6.77. The molecule has 0 aliphatic rings. The Morgan fingerprint density at radius 1 is 1.29 bits per heavy atom. The molecule has 1 atom stereocenters. The quantitative estimate of drug-likeness (QED) is 0.799. The van der Waals surface area contributed by atoms with Gasteiger partial charge in [-0.3, -0.25) is 4.79 Å². The van der Waals surface area contributed by atoms with Crippen LogP contribution in [0.2, 0.25) is 0 Å². The Morgan fingerprint density at radius 2 is 1.95 bits per heavy atom. The molecule has 5 heteroatoms. The van der Waals surface area contributed by atoms with E-state index < -0.39 is 6.10 Å². The number of hydrogen-bond donors (Lipinski definition) is 2. The van der Waals surface area contributed by atoms with Crippen molar-refractivity contribution < 1.29 is 19.4 Å². The normalized spacial score (nSPS) is 12.1. The summed E-state index contributed by atoms with van der Waals surface area (Å²) in [5.74, 6) is 0.0629. The first kappa shape index (κ1) is 15.1. The number of nitrogens with one attached hydrogen (secondary N) is 1. The van der Waals surface area contributed by atoms with E-state index in [1.165, 1.54) is 0 Å². The third-order valence-electron chi connectivity index (χ3n) is 3.11. The number of hydrogen-bond acceptors (Lipinski definition) is 4. The third kappa shape index (κ3) is 3.86. The highest BCUT2D eigenvalue weighted by molar-refractivity contribution is 5.86. The maximum atomic E-state index is 11.8. The summed E-state index contributed by atoms with van der Waals surface area (Å²) in [6, 6.07) is 11.0. The fraction of sp³-hybridized carbons (Fsp3) is 0.312. The molecule has 0 bridgehead atoms. The Hall–Kier alpha value is -2.27. The van der Waals surface area contributed by atoms with Crippen LogP contribution in [0.5, 0.6) is 11.5 Å². The molecule has 0 radical (unpaired) electrons. The Balaban J connectivity index is 2.08. The summed E-state index contributed by atoms with van der Waals surface area (Å²) < 4.78 is 10.4. The fourth-order valence-corrected chi connectivity index (χ4v) is 1.97. The minimum Gasteiger partial charge on any atom is -0.504 e. The van der Waals surface area contributed by atoms with Crippen LogP contribution in [-0.4, -0.2) is 37.4 Å². The van der Waals surface area contributed by atoms with Crippen molar-refractivity contribution in [1.29, 1.82) is 0 Å². The van der Waals surface area contributed by atoms with E-state index in [2.05, 4.69) is 5.32 Å². The number of phenolic OH excluding ortho intramolecular Hbond substituents is 1. The average Bonchev–Trinajstić information content (AvgIpc) is 2.48. The molecule has 2 rings (SSSR count). The van der Waals surface area contributed by atoms with Gasteiger partial charge in [0.25, 0.3) is 5.91 Å². The van der Waals surface area contributed by atoms with Crippen molar-refractivity contribution in [3.05, 3.63) is 36.4 Å². The summed E-state index contributed by atoms with van der Waals surface area (Å²) in [5.41, 5.74) is 0. The maximum absolute atomic E-state index is 11.8. The van der Waals surface area contributed by atoms with Crippen LogP contribution < -0.4 is 10.1 Å².